The Morgan fingerprint density at radius 1 is 0.750 bits per heavy atom. The normalized spacial score (nSPS) is 12.0. The molecule has 0 amide bonds. The van der Waals surface area contributed by atoms with Crippen molar-refractivity contribution in [3.8, 4) is 0 Å². The van der Waals surface area contributed by atoms with Crippen molar-refractivity contribution >= 4 is 0 Å². The van der Waals surface area contributed by atoms with Gasteiger partial charge >= 0.3 is 0 Å². The van der Waals surface area contributed by atoms with E-state index in [-0.39, 0.29) is 6.61 Å². The molecule has 0 bridgehead atoms. The predicted molar refractivity (Wildman–Crippen MR) is 63.6 cm³/mol. The summed E-state index contributed by atoms with van der Waals surface area (Å²) < 4.78 is 15.8. The van der Waals surface area contributed by atoms with Gasteiger partial charge in [-0.2, -0.15) is 0 Å². The van der Waals surface area contributed by atoms with Crippen molar-refractivity contribution in [3.63, 3.8) is 0 Å². The minimum Gasteiger partial charge on any atom is -0.394 e. The van der Waals surface area contributed by atoms with E-state index in [0.29, 0.717) is 38.4 Å². The van der Waals surface area contributed by atoms with Gasteiger partial charge in [0.2, 0.25) is 0 Å². The summed E-state index contributed by atoms with van der Waals surface area (Å²) in [6, 6.07) is 0. The first-order valence-corrected chi connectivity index (χ1v) is 5.90. The molecule has 0 atom stereocenters. The van der Waals surface area contributed by atoms with Crippen LogP contribution < -0.4 is 0 Å². The maximum atomic E-state index is 8.45. The van der Waals surface area contributed by atoms with Crippen molar-refractivity contribution in [1.29, 1.82) is 0 Å². The van der Waals surface area contributed by atoms with Gasteiger partial charge in [-0.05, 0) is 11.8 Å². The van der Waals surface area contributed by atoms with Gasteiger partial charge in [-0.3, -0.25) is 0 Å². The SMILES string of the molecule is CC(C)(C)CCOCCOCCOCCO. The van der Waals surface area contributed by atoms with E-state index in [2.05, 4.69) is 20.8 Å². The fourth-order valence-corrected chi connectivity index (χ4v) is 0.985. The number of rotatable bonds is 10. The Kier molecular flexibility index (Phi) is 9.92. The summed E-state index contributed by atoms with van der Waals surface area (Å²) in [5.74, 6) is 0. The van der Waals surface area contributed by atoms with Gasteiger partial charge in [-0.15, -0.1) is 0 Å². The summed E-state index contributed by atoms with van der Waals surface area (Å²) in [6.07, 6.45) is 1.06. The molecule has 0 unspecified atom stereocenters. The molecule has 1 N–H and O–H groups in total. The average Bonchev–Trinajstić information content (AvgIpc) is 2.19. The second-order valence-corrected chi connectivity index (χ2v) is 4.87. The molecule has 0 fully saturated rings. The lowest BCUT2D eigenvalue weighted by atomic mass is 9.93. The van der Waals surface area contributed by atoms with Gasteiger partial charge in [0.05, 0.1) is 39.6 Å². The Balaban J connectivity index is 2.99. The highest BCUT2D eigenvalue weighted by atomic mass is 16.5. The quantitative estimate of drug-likeness (QED) is 0.581. The van der Waals surface area contributed by atoms with E-state index in [0.717, 1.165) is 13.0 Å². The van der Waals surface area contributed by atoms with Crippen molar-refractivity contribution in [3.05, 3.63) is 0 Å². The lowest BCUT2D eigenvalue weighted by Gasteiger charge is -2.17. The van der Waals surface area contributed by atoms with Crippen molar-refractivity contribution in [1.82, 2.24) is 0 Å². The third kappa shape index (κ3) is 13.8. The van der Waals surface area contributed by atoms with E-state index >= 15 is 0 Å². The van der Waals surface area contributed by atoms with Gasteiger partial charge in [0.25, 0.3) is 0 Å². The predicted octanol–water partition coefficient (Wildman–Crippen LogP) is 1.46. The van der Waals surface area contributed by atoms with E-state index in [1.54, 1.807) is 0 Å². The monoisotopic (exact) mass is 234 g/mol. The molecule has 0 radical (unpaired) electrons. The van der Waals surface area contributed by atoms with Crippen LogP contribution >= 0.6 is 0 Å². The Morgan fingerprint density at radius 2 is 1.19 bits per heavy atom. The largest absolute Gasteiger partial charge is 0.394 e. The minimum absolute atomic E-state index is 0.0654. The van der Waals surface area contributed by atoms with E-state index in [4.69, 9.17) is 19.3 Å². The number of aliphatic hydroxyl groups is 1. The first-order valence-electron chi connectivity index (χ1n) is 5.90. The van der Waals surface area contributed by atoms with Crippen molar-refractivity contribution in [2.45, 2.75) is 27.2 Å². The van der Waals surface area contributed by atoms with Crippen LogP contribution in [0.5, 0.6) is 0 Å². The van der Waals surface area contributed by atoms with E-state index < -0.39 is 0 Å². The molecule has 16 heavy (non-hydrogen) atoms. The fraction of sp³-hybridized carbons (Fsp3) is 1.00. The topological polar surface area (TPSA) is 47.9 Å². The van der Waals surface area contributed by atoms with Crippen LogP contribution in [0.3, 0.4) is 0 Å². The van der Waals surface area contributed by atoms with Crippen LogP contribution in [0.2, 0.25) is 0 Å². The van der Waals surface area contributed by atoms with Crippen LogP contribution in [0.1, 0.15) is 27.2 Å². The van der Waals surface area contributed by atoms with Crippen LogP contribution in [0, 0.1) is 5.41 Å². The van der Waals surface area contributed by atoms with Crippen LogP contribution in [0.25, 0.3) is 0 Å². The van der Waals surface area contributed by atoms with E-state index in [9.17, 15) is 0 Å². The zero-order valence-corrected chi connectivity index (χ0v) is 10.8. The molecule has 0 aromatic rings. The Bertz CT molecular complexity index is 142. The fourth-order valence-electron chi connectivity index (χ4n) is 0.985. The summed E-state index contributed by atoms with van der Waals surface area (Å²) in [6.45, 7) is 10.2. The number of hydrogen-bond donors (Lipinski definition) is 1. The molecule has 0 saturated carbocycles. The summed E-state index contributed by atoms with van der Waals surface area (Å²) in [5.41, 5.74) is 0.332. The second kappa shape index (κ2) is 10.0. The molecule has 0 spiro atoms. The van der Waals surface area contributed by atoms with Gasteiger partial charge < -0.3 is 19.3 Å². The molecule has 0 aliphatic carbocycles. The molecule has 0 saturated heterocycles. The zero-order chi connectivity index (χ0) is 12.3. The van der Waals surface area contributed by atoms with Crippen molar-refractivity contribution in [2.75, 3.05) is 46.2 Å². The summed E-state index contributed by atoms with van der Waals surface area (Å²) in [5, 5.41) is 8.45. The molecule has 0 heterocycles. The zero-order valence-electron chi connectivity index (χ0n) is 10.8. The van der Waals surface area contributed by atoms with Crippen LogP contribution in [0.15, 0.2) is 0 Å². The standard InChI is InChI=1S/C12H26O4/c1-12(2,3)4-6-14-8-10-16-11-9-15-7-5-13/h13H,4-11H2,1-3H3. The van der Waals surface area contributed by atoms with Crippen LogP contribution in [0.4, 0.5) is 0 Å². The number of aliphatic hydroxyl groups excluding tert-OH is 1. The molecular formula is C12H26O4. The van der Waals surface area contributed by atoms with Crippen molar-refractivity contribution < 1.29 is 19.3 Å². The summed E-state index contributed by atoms with van der Waals surface area (Å²) >= 11 is 0. The van der Waals surface area contributed by atoms with Gasteiger partial charge in [-0.1, -0.05) is 20.8 Å². The van der Waals surface area contributed by atoms with E-state index in [1.165, 1.54) is 0 Å². The van der Waals surface area contributed by atoms with Crippen molar-refractivity contribution in [2.24, 2.45) is 5.41 Å². The molecule has 0 aromatic carbocycles. The Hall–Kier alpha value is -0.160. The first-order chi connectivity index (χ1) is 7.56. The average molecular weight is 234 g/mol. The van der Waals surface area contributed by atoms with Gasteiger partial charge in [0.1, 0.15) is 0 Å². The molecule has 0 aromatic heterocycles. The molecule has 0 rings (SSSR count). The third-order valence-corrected chi connectivity index (χ3v) is 1.98. The molecule has 4 heteroatoms. The lowest BCUT2D eigenvalue weighted by molar-refractivity contribution is 0.00442. The van der Waals surface area contributed by atoms with Crippen LogP contribution in [-0.4, -0.2) is 51.4 Å². The molecule has 98 valence electrons. The smallest absolute Gasteiger partial charge is 0.0701 e. The second-order valence-electron chi connectivity index (χ2n) is 4.87. The summed E-state index contributed by atoms with van der Waals surface area (Å²) in [4.78, 5) is 0. The highest BCUT2D eigenvalue weighted by Crippen LogP contribution is 2.17. The Labute approximate surface area is 98.9 Å². The minimum atomic E-state index is 0.0654. The molecule has 0 aliphatic heterocycles. The maximum Gasteiger partial charge on any atom is 0.0701 e. The van der Waals surface area contributed by atoms with Crippen LogP contribution in [-0.2, 0) is 14.2 Å². The highest BCUT2D eigenvalue weighted by Gasteiger charge is 2.08. The molecule has 4 nitrogen and oxygen atoms in total. The van der Waals surface area contributed by atoms with Gasteiger partial charge in [0.15, 0.2) is 0 Å². The molecule has 0 aliphatic rings. The maximum absolute atomic E-state index is 8.45. The first kappa shape index (κ1) is 15.8. The highest BCUT2D eigenvalue weighted by molar-refractivity contribution is 4.59. The van der Waals surface area contributed by atoms with Gasteiger partial charge in [0, 0.05) is 6.61 Å². The lowest BCUT2D eigenvalue weighted by Crippen LogP contribution is -2.13. The Morgan fingerprint density at radius 3 is 1.62 bits per heavy atom. The van der Waals surface area contributed by atoms with E-state index in [1.807, 2.05) is 0 Å². The van der Waals surface area contributed by atoms with Gasteiger partial charge in [-0.25, -0.2) is 0 Å². The number of hydrogen-bond acceptors (Lipinski definition) is 4. The third-order valence-electron chi connectivity index (χ3n) is 1.98. The molecular weight excluding hydrogens is 208 g/mol. The summed E-state index contributed by atoms with van der Waals surface area (Å²) in [7, 11) is 0. The number of ether oxygens (including phenoxy) is 3.